The van der Waals surface area contributed by atoms with Gasteiger partial charge < -0.3 is 25.3 Å². The second-order valence-electron chi connectivity index (χ2n) is 12.8. The van der Waals surface area contributed by atoms with Crippen LogP contribution >= 0.6 is 0 Å². The molecule has 0 radical (unpaired) electrons. The van der Waals surface area contributed by atoms with Gasteiger partial charge in [-0.05, 0) is 114 Å². The van der Waals surface area contributed by atoms with E-state index in [2.05, 4.69) is 15.1 Å². The fraction of sp³-hybridized carbons (Fsp3) is 0.629. The molecule has 2 aliphatic heterocycles. The fourth-order valence-corrected chi connectivity index (χ4v) is 5.28. The molecule has 3 N–H and O–H groups in total. The monoisotopic (exact) mass is 632 g/mol. The number of benzene rings is 2. The van der Waals surface area contributed by atoms with Crippen molar-refractivity contribution in [3.8, 4) is 11.5 Å². The van der Waals surface area contributed by atoms with Crippen molar-refractivity contribution in [1.82, 2.24) is 15.1 Å². The third-order valence-corrected chi connectivity index (χ3v) is 7.61. The molecule has 10 heteroatoms. The van der Waals surface area contributed by atoms with Crippen LogP contribution in [0.4, 0.5) is 13.6 Å². The van der Waals surface area contributed by atoms with E-state index in [1.54, 1.807) is 0 Å². The summed E-state index contributed by atoms with van der Waals surface area (Å²) < 4.78 is 43.2. The molecular formula is C35H54F2N4O4. The van der Waals surface area contributed by atoms with Gasteiger partial charge in [-0.25, -0.2) is 13.6 Å². The third-order valence-electron chi connectivity index (χ3n) is 7.61. The zero-order chi connectivity index (χ0) is 32.5. The smallest absolute Gasteiger partial charge is 0.407 e. The van der Waals surface area contributed by atoms with Gasteiger partial charge in [-0.1, -0.05) is 24.3 Å². The van der Waals surface area contributed by atoms with Crippen LogP contribution in [-0.2, 0) is 17.6 Å². The first kappa shape index (κ1) is 36.5. The Labute approximate surface area is 268 Å². The molecule has 0 saturated carbocycles. The normalized spacial score (nSPS) is 19.2. The number of alkyl carbamates (subject to hydrolysis) is 1. The first-order valence-corrected chi connectivity index (χ1v) is 16.4. The van der Waals surface area contributed by atoms with E-state index in [1.165, 1.54) is 5.56 Å². The van der Waals surface area contributed by atoms with Gasteiger partial charge in [-0.15, -0.1) is 0 Å². The maximum atomic E-state index is 13.3. The van der Waals surface area contributed by atoms with Gasteiger partial charge in [0.05, 0.1) is 0 Å². The van der Waals surface area contributed by atoms with Crippen LogP contribution < -0.4 is 20.5 Å². The van der Waals surface area contributed by atoms with Crippen molar-refractivity contribution in [2.45, 2.75) is 77.2 Å². The molecule has 45 heavy (non-hydrogen) atoms. The van der Waals surface area contributed by atoms with Crippen molar-refractivity contribution < 1.29 is 27.8 Å². The number of hydrogen-bond acceptors (Lipinski definition) is 7. The maximum Gasteiger partial charge on any atom is 0.407 e. The van der Waals surface area contributed by atoms with E-state index in [1.807, 2.05) is 69.3 Å². The quantitative estimate of drug-likeness (QED) is 0.299. The van der Waals surface area contributed by atoms with Crippen LogP contribution in [0.2, 0.25) is 0 Å². The van der Waals surface area contributed by atoms with Gasteiger partial charge in [0.1, 0.15) is 42.7 Å². The molecule has 2 fully saturated rings. The Morgan fingerprint density at radius 1 is 0.822 bits per heavy atom. The van der Waals surface area contributed by atoms with Gasteiger partial charge in [0.2, 0.25) is 0 Å². The van der Waals surface area contributed by atoms with Crippen LogP contribution in [-0.4, -0.2) is 99.4 Å². The molecule has 2 atom stereocenters. The maximum absolute atomic E-state index is 13.3. The number of rotatable bonds is 13. The first-order valence-electron chi connectivity index (χ1n) is 16.4. The second-order valence-corrected chi connectivity index (χ2v) is 12.8. The lowest BCUT2D eigenvalue weighted by Gasteiger charge is -2.28. The van der Waals surface area contributed by atoms with E-state index in [4.69, 9.17) is 19.9 Å². The van der Waals surface area contributed by atoms with E-state index in [9.17, 15) is 13.6 Å². The average Bonchev–Trinajstić information content (AvgIpc) is 2.99. The summed E-state index contributed by atoms with van der Waals surface area (Å²) in [6, 6.07) is 15.9. The van der Waals surface area contributed by atoms with Crippen LogP contribution in [0.25, 0.3) is 0 Å². The van der Waals surface area contributed by atoms with Crippen LogP contribution in [0, 0.1) is 0 Å². The zero-order valence-electron chi connectivity index (χ0n) is 27.4. The Hall–Kier alpha value is -2.95. The first-order chi connectivity index (χ1) is 21.6. The molecule has 8 nitrogen and oxygen atoms in total. The highest BCUT2D eigenvalue weighted by Gasteiger charge is 2.19. The molecule has 1 amide bonds. The summed E-state index contributed by atoms with van der Waals surface area (Å²) in [6.07, 6.45) is 3.13. The number of nitrogens with two attached hydrogens (primary N) is 1. The molecule has 252 valence electrons. The number of carbonyl (C=O) groups excluding carboxylic acids is 1. The molecule has 2 aromatic carbocycles. The Balaban J connectivity index is 0.000000257. The summed E-state index contributed by atoms with van der Waals surface area (Å²) in [5.74, 6) is 1.68. The summed E-state index contributed by atoms with van der Waals surface area (Å²) >= 11 is 0. The number of hydrogen-bond donors (Lipinski definition) is 2. The van der Waals surface area contributed by atoms with Crippen LogP contribution in [0.1, 0.15) is 57.6 Å². The number of likely N-dealkylation sites (tertiary alicyclic amines) is 2. The number of alkyl halides is 2. The third kappa shape index (κ3) is 15.7. The summed E-state index contributed by atoms with van der Waals surface area (Å²) in [5.41, 5.74) is 7.36. The number of nitrogens with zero attached hydrogens (tertiary/aromatic N) is 2. The number of ether oxygens (including phenoxy) is 3. The fourth-order valence-electron chi connectivity index (χ4n) is 5.28. The second kappa shape index (κ2) is 19.5. The Bertz CT molecular complexity index is 1100. The van der Waals surface area contributed by atoms with Gasteiger partial charge in [-0.2, -0.15) is 0 Å². The number of piperidine rings is 2. The molecule has 2 saturated heterocycles. The lowest BCUT2D eigenvalue weighted by Crippen LogP contribution is -2.38. The Morgan fingerprint density at radius 2 is 1.29 bits per heavy atom. The Morgan fingerprint density at radius 3 is 1.71 bits per heavy atom. The Kier molecular flexibility index (Phi) is 15.9. The molecule has 0 aliphatic carbocycles. The standard InChI is InChI=1S/C20H31FN2O3.C15H23FN2O/c1-20(2,3)26-19(24)22-11-10-16-6-8-18(9-7-16)25-14-13-23-12-4-5-17(21)15-23;16-14-2-1-9-18(12-14)10-11-19-15-5-3-13(4-6-15)7-8-17/h6-9,17H,4-5,10-15H2,1-3H3,(H,22,24);3-6,14H,1-2,7-12,17H2. The predicted octanol–water partition coefficient (Wildman–Crippen LogP) is 5.57. The van der Waals surface area contributed by atoms with Crippen molar-refractivity contribution in [2.75, 3.05) is 65.6 Å². The minimum absolute atomic E-state index is 0.398. The highest BCUT2D eigenvalue weighted by molar-refractivity contribution is 5.67. The molecule has 0 aromatic heterocycles. The van der Waals surface area contributed by atoms with Gasteiger partial charge in [0, 0.05) is 32.7 Å². The average molecular weight is 633 g/mol. The van der Waals surface area contributed by atoms with Crippen LogP contribution in [0.15, 0.2) is 48.5 Å². The number of carbonyl (C=O) groups is 1. The topological polar surface area (TPSA) is 89.3 Å². The zero-order valence-corrected chi connectivity index (χ0v) is 27.4. The van der Waals surface area contributed by atoms with Crippen LogP contribution in [0.5, 0.6) is 11.5 Å². The lowest BCUT2D eigenvalue weighted by atomic mass is 10.1. The largest absolute Gasteiger partial charge is 0.492 e. The molecule has 2 heterocycles. The molecule has 2 unspecified atom stereocenters. The molecular weight excluding hydrogens is 578 g/mol. The number of halogens is 2. The van der Waals surface area contributed by atoms with Crippen LogP contribution in [0.3, 0.4) is 0 Å². The SMILES string of the molecule is CC(C)(C)OC(=O)NCCc1ccc(OCCN2CCCC(F)C2)cc1.NCCc1ccc(OCCN2CCCC(F)C2)cc1. The minimum Gasteiger partial charge on any atom is -0.492 e. The van der Waals surface area contributed by atoms with E-state index in [-0.39, 0.29) is 0 Å². The molecule has 2 aliphatic rings. The van der Waals surface area contributed by atoms with Crippen molar-refractivity contribution in [3.05, 3.63) is 59.7 Å². The predicted molar refractivity (Wildman–Crippen MR) is 176 cm³/mol. The number of amides is 1. The number of nitrogens with one attached hydrogen (secondary N) is 1. The van der Waals surface area contributed by atoms with Gasteiger partial charge in [-0.3, -0.25) is 9.80 Å². The molecule has 4 rings (SSSR count). The van der Waals surface area contributed by atoms with Crippen molar-refractivity contribution >= 4 is 6.09 Å². The van der Waals surface area contributed by atoms with E-state index >= 15 is 0 Å². The summed E-state index contributed by atoms with van der Waals surface area (Å²) in [7, 11) is 0. The van der Waals surface area contributed by atoms with Crippen molar-refractivity contribution in [2.24, 2.45) is 5.73 Å². The minimum atomic E-state index is -0.697. The molecule has 0 bridgehead atoms. The van der Waals surface area contributed by atoms with E-state index < -0.39 is 24.0 Å². The highest BCUT2D eigenvalue weighted by Crippen LogP contribution is 2.16. The van der Waals surface area contributed by atoms with Crippen molar-refractivity contribution in [1.29, 1.82) is 0 Å². The lowest BCUT2D eigenvalue weighted by molar-refractivity contribution is 0.0528. The van der Waals surface area contributed by atoms with Gasteiger partial charge in [0.25, 0.3) is 0 Å². The molecule has 0 spiro atoms. The molecule has 2 aromatic rings. The van der Waals surface area contributed by atoms with Gasteiger partial charge in [0.15, 0.2) is 0 Å². The van der Waals surface area contributed by atoms with E-state index in [0.717, 1.165) is 68.9 Å². The van der Waals surface area contributed by atoms with E-state index in [0.29, 0.717) is 52.2 Å². The summed E-state index contributed by atoms with van der Waals surface area (Å²) in [5, 5.41) is 2.75. The van der Waals surface area contributed by atoms with Gasteiger partial charge >= 0.3 is 6.09 Å². The van der Waals surface area contributed by atoms with Crippen molar-refractivity contribution in [3.63, 3.8) is 0 Å². The summed E-state index contributed by atoms with van der Waals surface area (Å²) in [6.45, 7) is 12.4. The highest BCUT2D eigenvalue weighted by atomic mass is 19.1. The summed E-state index contributed by atoms with van der Waals surface area (Å²) in [4.78, 5) is 15.8.